The van der Waals surface area contributed by atoms with E-state index in [1.54, 1.807) is 0 Å². The third-order valence-electron chi connectivity index (χ3n) is 5.31. The molecule has 0 saturated carbocycles. The van der Waals surface area contributed by atoms with Crippen molar-refractivity contribution in [3.05, 3.63) is 82.9 Å². The van der Waals surface area contributed by atoms with E-state index in [4.69, 9.17) is 0 Å². The van der Waals surface area contributed by atoms with Gasteiger partial charge in [-0.1, -0.05) is 24.3 Å². The Morgan fingerprint density at radius 1 is 0.442 bits per heavy atom. The molecule has 0 aliphatic carbocycles. The first-order valence-corrected chi connectivity index (χ1v) is 13.1. The smallest absolute Gasteiger partial charge is 0.744 e. The topological polar surface area (TPSA) is 275 Å². The number of fused-ring (bicyclic) bond motifs is 2. The van der Waals surface area contributed by atoms with E-state index in [0.29, 0.717) is 12.1 Å². The molecule has 0 aromatic heterocycles. The van der Waals surface area contributed by atoms with Crippen LogP contribution in [-0.2, 0) is 78.7 Å². The van der Waals surface area contributed by atoms with Crippen molar-refractivity contribution in [2.45, 2.75) is 9.79 Å². The van der Waals surface area contributed by atoms with Gasteiger partial charge in [-0.3, -0.25) is 0 Å². The zero-order chi connectivity index (χ0) is 30.2. The number of aromatic carboxylic acids is 4. The van der Waals surface area contributed by atoms with Crippen molar-refractivity contribution < 1.29 is 124 Å². The van der Waals surface area contributed by atoms with Crippen LogP contribution >= 0.6 is 0 Å². The van der Waals surface area contributed by atoms with Gasteiger partial charge >= 0.3 is 58.4 Å². The van der Waals surface area contributed by atoms with E-state index in [2.05, 4.69) is 0 Å². The Bertz CT molecular complexity index is 1820. The van der Waals surface area contributed by atoms with E-state index >= 15 is 0 Å². The van der Waals surface area contributed by atoms with Crippen LogP contribution in [0.5, 0.6) is 0 Å². The van der Waals surface area contributed by atoms with Crippen molar-refractivity contribution in [3.63, 3.8) is 0 Å². The Balaban J connectivity index is 0.000000767. The Morgan fingerprint density at radius 2 is 0.698 bits per heavy atom. The first-order valence-electron chi connectivity index (χ1n) is 10.3. The number of carboxylic acids is 4. The number of carboxylic acid groups (broad SMARTS) is 4. The molecule has 4 aromatic rings. The van der Waals surface area contributed by atoms with Gasteiger partial charge in [0.2, 0.25) is 0 Å². The van der Waals surface area contributed by atoms with Gasteiger partial charge in [-0.15, -0.1) is 0 Å². The second-order valence-corrected chi connectivity index (χ2v) is 10.6. The molecule has 0 bridgehead atoms. The van der Waals surface area contributed by atoms with Crippen LogP contribution in [0.2, 0.25) is 0 Å². The van der Waals surface area contributed by atoms with E-state index in [1.807, 2.05) is 0 Å². The van der Waals surface area contributed by atoms with Crippen molar-refractivity contribution in [1.29, 1.82) is 0 Å². The minimum Gasteiger partial charge on any atom is -0.744 e. The average Bonchev–Trinajstić information content (AvgIpc) is 2.85. The van der Waals surface area contributed by atoms with Gasteiger partial charge in [0.1, 0.15) is 20.2 Å². The molecule has 0 unspecified atom stereocenters. The largest absolute Gasteiger partial charge is 2.00 e. The summed E-state index contributed by atoms with van der Waals surface area (Å²) in [6.45, 7) is 0. The van der Waals surface area contributed by atoms with E-state index in [1.165, 1.54) is 0 Å². The summed E-state index contributed by atoms with van der Waals surface area (Å²) in [5.41, 5.74) is -1.63. The van der Waals surface area contributed by atoms with Crippen molar-refractivity contribution in [1.82, 2.24) is 0 Å². The summed E-state index contributed by atoms with van der Waals surface area (Å²) >= 11 is 0. The van der Waals surface area contributed by atoms with Crippen LogP contribution in [0, 0.1) is 0 Å². The fourth-order valence-corrected chi connectivity index (χ4v) is 5.03. The molecule has 43 heavy (non-hydrogen) atoms. The first kappa shape index (κ1) is 40.0. The zero-order valence-corrected chi connectivity index (χ0v) is 32.0. The molecule has 4 rings (SSSR count). The van der Waals surface area contributed by atoms with Crippen LogP contribution in [0.4, 0.5) is 0 Å². The van der Waals surface area contributed by atoms with Gasteiger partial charge in [0.05, 0.1) is 33.7 Å². The predicted molar refractivity (Wildman–Crippen MR) is 121 cm³/mol. The molecule has 0 saturated heterocycles. The summed E-state index contributed by atoms with van der Waals surface area (Å²) < 4.78 is 66.9. The number of hydrogen-bond acceptors (Lipinski definition) is 14. The van der Waals surface area contributed by atoms with Crippen LogP contribution in [0.3, 0.4) is 0 Å². The van der Waals surface area contributed by atoms with Crippen LogP contribution in [-0.4, -0.2) is 49.8 Å². The molecule has 0 radical (unpaired) electrons. The summed E-state index contributed by atoms with van der Waals surface area (Å²) in [4.78, 5) is 41.6. The van der Waals surface area contributed by atoms with E-state index in [0.717, 1.165) is 48.5 Å². The Hall–Kier alpha value is -3.03. The third kappa shape index (κ3) is 9.48. The van der Waals surface area contributed by atoms with Crippen molar-refractivity contribution in [2.75, 3.05) is 0 Å². The molecule has 0 amide bonds. The van der Waals surface area contributed by atoms with Gasteiger partial charge in [-0.2, -0.15) is 0 Å². The van der Waals surface area contributed by atoms with Crippen LogP contribution in [0.1, 0.15) is 41.4 Å². The SMILES string of the molecule is O=C([O-])c1ccc2c(S(=O)(=O)[O-])cc(C(=O)[O-])cc2c1.O=C([O-])c1ccc2c(S(=O)(=O)[O-])cc(C(=O)[O-])cc2c1.[Zn+2].[Zn+2].[Zn+2]. The van der Waals surface area contributed by atoms with Gasteiger partial charge in [0.15, 0.2) is 0 Å². The minimum absolute atomic E-state index is 0. The summed E-state index contributed by atoms with van der Waals surface area (Å²) in [7, 11) is -9.85. The molecule has 0 N–H and O–H groups in total. The van der Waals surface area contributed by atoms with Gasteiger partial charge in [-0.05, 0) is 80.2 Å². The monoisotopic (exact) mass is 778 g/mol. The number of carbonyl (C=O) groups is 4. The van der Waals surface area contributed by atoms with Crippen LogP contribution in [0.15, 0.2) is 70.5 Å². The fourth-order valence-electron chi connectivity index (χ4n) is 3.57. The van der Waals surface area contributed by atoms with E-state index in [9.17, 15) is 65.5 Å². The molecular weight excluding hydrogens is 773 g/mol. The van der Waals surface area contributed by atoms with Gasteiger partial charge in [0, 0.05) is 0 Å². The number of rotatable bonds is 6. The van der Waals surface area contributed by atoms with Crippen molar-refractivity contribution in [2.24, 2.45) is 0 Å². The fraction of sp³-hybridized carbons (Fsp3) is 0. The Labute approximate surface area is 280 Å². The molecule has 0 atom stereocenters. The number of benzene rings is 4. The minimum atomic E-state index is -4.92. The molecule has 0 aliphatic heterocycles. The summed E-state index contributed by atoms with van der Waals surface area (Å²) in [6.07, 6.45) is 0. The maximum Gasteiger partial charge on any atom is 2.00 e. The van der Waals surface area contributed by atoms with Crippen LogP contribution in [0.25, 0.3) is 21.5 Å². The van der Waals surface area contributed by atoms with Gasteiger partial charge in [-0.25, -0.2) is 16.8 Å². The maximum absolute atomic E-state index is 11.1. The molecule has 4 aromatic carbocycles. The second-order valence-electron chi connectivity index (χ2n) is 7.88. The average molecular weight is 783 g/mol. The molecule has 0 heterocycles. The maximum atomic E-state index is 11.1. The summed E-state index contributed by atoms with van der Waals surface area (Å²) in [6, 6.07) is 9.76. The van der Waals surface area contributed by atoms with Crippen LogP contribution < -0.4 is 20.4 Å². The van der Waals surface area contributed by atoms with Gasteiger partial charge < -0.3 is 48.7 Å². The molecule has 19 heteroatoms. The zero-order valence-electron chi connectivity index (χ0n) is 21.4. The summed E-state index contributed by atoms with van der Waals surface area (Å²) in [5, 5.41) is 42.9. The van der Waals surface area contributed by atoms with Gasteiger partial charge in [0.25, 0.3) is 0 Å². The second kappa shape index (κ2) is 15.1. The van der Waals surface area contributed by atoms with E-state index < -0.39 is 65.0 Å². The quantitative estimate of drug-likeness (QED) is 0.139. The van der Waals surface area contributed by atoms with Crippen molar-refractivity contribution in [3.8, 4) is 0 Å². The summed E-state index contributed by atoms with van der Waals surface area (Å²) in [5.74, 6) is -6.40. The Morgan fingerprint density at radius 3 is 0.930 bits per heavy atom. The molecule has 0 spiro atoms. The Kier molecular flexibility index (Phi) is 14.0. The third-order valence-corrected chi connectivity index (χ3v) is 7.06. The first-order chi connectivity index (χ1) is 18.4. The van der Waals surface area contributed by atoms with Crippen molar-refractivity contribution >= 4 is 65.7 Å². The normalized spacial score (nSPS) is 10.7. The standard InChI is InChI=1S/2C12H8O7S.3Zn/c2*13-11(14)6-1-2-9-7(3-6)4-8(12(15)16)5-10(9)20(17,18)19;;;/h2*1-5H,(H,13,14)(H,15,16)(H,17,18,19);;;/q;;3*+2/p-6. The molecule has 208 valence electrons. The number of carbonyl (C=O) groups excluding carboxylic acids is 4. The van der Waals surface area contributed by atoms with E-state index in [-0.39, 0.29) is 91.1 Å². The molecular formula is C24H10O14S2Zn3. The number of hydrogen-bond donors (Lipinski definition) is 0. The molecule has 0 fully saturated rings. The molecule has 14 nitrogen and oxygen atoms in total. The molecule has 0 aliphatic rings. The predicted octanol–water partition coefficient (Wildman–Crippen LogP) is -3.07.